The molecule has 9 heteroatoms. The van der Waals surface area contributed by atoms with E-state index < -0.39 is 0 Å². The van der Waals surface area contributed by atoms with Gasteiger partial charge in [0.1, 0.15) is 0 Å². The molecule has 3 aromatic rings. The number of benzene rings is 1. The van der Waals surface area contributed by atoms with Gasteiger partial charge >= 0.3 is 0 Å². The first-order valence-electron chi connectivity index (χ1n) is 8.66. The van der Waals surface area contributed by atoms with Gasteiger partial charge in [0.05, 0.1) is 6.04 Å². The Balaban J connectivity index is 1.36. The van der Waals surface area contributed by atoms with Gasteiger partial charge in [0.15, 0.2) is 11.6 Å². The fourth-order valence-corrected chi connectivity index (χ4v) is 2.75. The van der Waals surface area contributed by atoms with E-state index in [2.05, 4.69) is 31.0 Å². The van der Waals surface area contributed by atoms with E-state index in [0.29, 0.717) is 37.0 Å². The van der Waals surface area contributed by atoms with E-state index in [1.165, 1.54) is 0 Å². The average molecular weight is 353 g/mol. The molecule has 1 aliphatic carbocycles. The Hall–Kier alpha value is -3.10. The highest BCUT2D eigenvalue weighted by Gasteiger charge is 2.28. The molecule has 9 nitrogen and oxygen atoms in total. The van der Waals surface area contributed by atoms with E-state index in [-0.39, 0.29) is 5.91 Å². The first-order valence-corrected chi connectivity index (χ1v) is 8.66. The molecule has 134 valence electrons. The number of carbonyl (C=O) groups excluding carboxylic acids is 1. The maximum absolute atomic E-state index is 12.2. The smallest absolute Gasteiger partial charge is 0.226 e. The predicted octanol–water partition coefficient (Wildman–Crippen LogP) is 2.33. The van der Waals surface area contributed by atoms with Crippen molar-refractivity contribution in [1.82, 2.24) is 30.3 Å². The summed E-state index contributed by atoms with van der Waals surface area (Å²) in [6, 6.07) is 7.97. The van der Waals surface area contributed by atoms with Crippen LogP contribution in [0.25, 0.3) is 11.4 Å². The lowest BCUT2D eigenvalue weighted by atomic mass is 10.1. The van der Waals surface area contributed by atoms with E-state index in [4.69, 9.17) is 4.52 Å². The summed E-state index contributed by atoms with van der Waals surface area (Å²) in [5.74, 6) is 1.84. The van der Waals surface area contributed by atoms with Gasteiger partial charge in [0.2, 0.25) is 11.8 Å². The fraction of sp³-hybridized carbons (Fsp3) is 0.412. The number of aromatic nitrogens is 6. The molecule has 0 spiro atoms. The topological polar surface area (TPSA) is 112 Å². The molecule has 4 rings (SSSR count). The number of carbonyl (C=O) groups is 1. The lowest BCUT2D eigenvalue weighted by molar-refractivity contribution is -0.116. The van der Waals surface area contributed by atoms with Crippen LogP contribution in [0.5, 0.6) is 0 Å². The van der Waals surface area contributed by atoms with Gasteiger partial charge in [0.25, 0.3) is 0 Å². The molecule has 1 amide bonds. The quantitative estimate of drug-likeness (QED) is 0.693. The largest absolute Gasteiger partial charge is 0.339 e. The minimum absolute atomic E-state index is 0.0554. The van der Waals surface area contributed by atoms with Gasteiger partial charge in [-0.15, -0.1) is 5.10 Å². The summed E-state index contributed by atoms with van der Waals surface area (Å²) in [4.78, 5) is 16.3. The number of hydrogen-bond donors (Lipinski definition) is 1. The number of amides is 1. The summed E-state index contributed by atoms with van der Waals surface area (Å²) < 4.78 is 6.90. The molecule has 0 bridgehead atoms. The summed E-state index contributed by atoms with van der Waals surface area (Å²) in [5, 5.41) is 18.6. The van der Waals surface area contributed by atoms with Crippen molar-refractivity contribution in [3.05, 3.63) is 36.0 Å². The zero-order valence-corrected chi connectivity index (χ0v) is 14.4. The van der Waals surface area contributed by atoms with Gasteiger partial charge in [-0.05, 0) is 48.7 Å². The lowest BCUT2D eigenvalue weighted by Gasteiger charge is -2.07. The van der Waals surface area contributed by atoms with Gasteiger partial charge in [-0.25, -0.2) is 4.68 Å². The Morgan fingerprint density at radius 1 is 1.38 bits per heavy atom. The Morgan fingerprint density at radius 3 is 3.04 bits per heavy atom. The van der Waals surface area contributed by atoms with Gasteiger partial charge in [-0.1, -0.05) is 17.3 Å². The standard InChI is InChI=1S/C17H19N7O2/c1-11-18-16(26-21-11)7-3-6-15(25)19-13-5-2-4-12(10-13)17-20-22-23-24(17)14-8-9-14/h2,4-5,10,14H,3,6-9H2,1H3,(H,19,25). The number of anilines is 1. The third-order valence-corrected chi connectivity index (χ3v) is 4.15. The predicted molar refractivity (Wildman–Crippen MR) is 92.1 cm³/mol. The number of nitrogens with zero attached hydrogens (tertiary/aromatic N) is 6. The van der Waals surface area contributed by atoms with E-state index in [0.717, 1.165) is 29.9 Å². The van der Waals surface area contributed by atoms with Crippen molar-refractivity contribution in [3.8, 4) is 11.4 Å². The molecule has 1 aliphatic rings. The first-order chi connectivity index (χ1) is 12.7. The SMILES string of the molecule is Cc1noc(CCCC(=O)Nc2cccc(-c3nnnn3C3CC3)c2)n1. The zero-order valence-electron chi connectivity index (χ0n) is 14.4. The van der Waals surface area contributed by atoms with Crippen LogP contribution >= 0.6 is 0 Å². The highest BCUT2D eigenvalue weighted by Crippen LogP contribution is 2.36. The molecule has 0 aliphatic heterocycles. The Bertz CT molecular complexity index is 913. The summed E-state index contributed by atoms with van der Waals surface area (Å²) in [7, 11) is 0. The van der Waals surface area contributed by atoms with E-state index in [1.54, 1.807) is 6.92 Å². The monoisotopic (exact) mass is 353 g/mol. The second kappa shape index (κ2) is 7.03. The van der Waals surface area contributed by atoms with Crippen LogP contribution in [0.3, 0.4) is 0 Å². The van der Waals surface area contributed by atoms with Crippen LogP contribution in [0.4, 0.5) is 5.69 Å². The van der Waals surface area contributed by atoms with Crippen LogP contribution in [0.1, 0.15) is 43.4 Å². The molecule has 2 aromatic heterocycles. The van der Waals surface area contributed by atoms with Crippen molar-refractivity contribution < 1.29 is 9.32 Å². The molecule has 26 heavy (non-hydrogen) atoms. The molecule has 0 unspecified atom stereocenters. The van der Waals surface area contributed by atoms with Crippen LogP contribution in [-0.4, -0.2) is 36.3 Å². The Morgan fingerprint density at radius 2 is 2.27 bits per heavy atom. The Labute approximate surface area is 149 Å². The minimum Gasteiger partial charge on any atom is -0.339 e. The normalized spacial score (nSPS) is 13.7. The minimum atomic E-state index is -0.0554. The molecule has 2 heterocycles. The van der Waals surface area contributed by atoms with Crippen LogP contribution in [0.15, 0.2) is 28.8 Å². The van der Waals surface area contributed by atoms with Crippen LogP contribution in [-0.2, 0) is 11.2 Å². The van der Waals surface area contributed by atoms with E-state index in [1.807, 2.05) is 28.9 Å². The zero-order chi connectivity index (χ0) is 17.9. The highest BCUT2D eigenvalue weighted by atomic mass is 16.5. The second-order valence-corrected chi connectivity index (χ2v) is 6.40. The maximum atomic E-state index is 12.2. The average Bonchev–Trinajstić information content (AvgIpc) is 3.20. The van der Waals surface area contributed by atoms with Crippen LogP contribution in [0.2, 0.25) is 0 Å². The van der Waals surface area contributed by atoms with Crippen molar-refractivity contribution in [2.75, 3.05) is 5.32 Å². The summed E-state index contributed by atoms with van der Waals surface area (Å²) in [6.07, 6.45) is 3.82. The fourth-order valence-electron chi connectivity index (χ4n) is 2.75. The van der Waals surface area contributed by atoms with Crippen molar-refractivity contribution in [3.63, 3.8) is 0 Å². The van der Waals surface area contributed by atoms with E-state index in [9.17, 15) is 4.79 Å². The molecule has 0 saturated heterocycles. The highest BCUT2D eigenvalue weighted by molar-refractivity contribution is 5.91. The van der Waals surface area contributed by atoms with Crippen molar-refractivity contribution in [2.24, 2.45) is 0 Å². The lowest BCUT2D eigenvalue weighted by Crippen LogP contribution is -2.11. The summed E-state index contributed by atoms with van der Waals surface area (Å²) >= 11 is 0. The van der Waals surface area contributed by atoms with Crippen molar-refractivity contribution in [1.29, 1.82) is 0 Å². The maximum Gasteiger partial charge on any atom is 0.226 e. The molecule has 0 atom stereocenters. The van der Waals surface area contributed by atoms with E-state index >= 15 is 0 Å². The molecule has 1 N–H and O–H groups in total. The number of rotatable bonds is 7. The third-order valence-electron chi connectivity index (χ3n) is 4.15. The molecular formula is C17H19N7O2. The summed E-state index contributed by atoms with van der Waals surface area (Å²) in [6.45, 7) is 1.77. The van der Waals surface area contributed by atoms with Crippen LogP contribution < -0.4 is 5.32 Å². The first kappa shape index (κ1) is 16.4. The number of nitrogens with one attached hydrogen (secondary N) is 1. The molecular weight excluding hydrogens is 334 g/mol. The van der Waals surface area contributed by atoms with Gasteiger partial charge in [-0.2, -0.15) is 4.98 Å². The van der Waals surface area contributed by atoms with Gasteiger partial charge in [0, 0.05) is 24.1 Å². The van der Waals surface area contributed by atoms with Crippen molar-refractivity contribution >= 4 is 11.6 Å². The van der Waals surface area contributed by atoms with Gasteiger partial charge in [-0.3, -0.25) is 4.79 Å². The number of tetrazole rings is 1. The van der Waals surface area contributed by atoms with Crippen LogP contribution in [0, 0.1) is 6.92 Å². The summed E-state index contributed by atoms with van der Waals surface area (Å²) in [5.41, 5.74) is 1.62. The number of aryl methyl sites for hydroxylation is 2. The molecule has 1 aromatic carbocycles. The molecule has 1 fully saturated rings. The van der Waals surface area contributed by atoms with Gasteiger partial charge < -0.3 is 9.84 Å². The number of hydrogen-bond acceptors (Lipinski definition) is 7. The third kappa shape index (κ3) is 3.76. The Kier molecular flexibility index (Phi) is 4.42. The molecule has 0 radical (unpaired) electrons. The van der Waals surface area contributed by atoms with Crippen molar-refractivity contribution in [2.45, 2.75) is 45.1 Å². The molecule has 1 saturated carbocycles. The second-order valence-electron chi connectivity index (χ2n) is 6.40.